The minimum Gasteiger partial charge on any atom is -0.207 e. The van der Waals surface area contributed by atoms with Crippen LogP contribution in [0.3, 0.4) is 0 Å². The first-order valence-electron chi connectivity index (χ1n) is 6.24. The van der Waals surface area contributed by atoms with E-state index in [1.807, 2.05) is 6.92 Å². The first-order valence-corrected chi connectivity index (χ1v) is 9.10. The van der Waals surface area contributed by atoms with Crippen molar-refractivity contribution in [2.24, 2.45) is 0 Å². The lowest BCUT2D eigenvalue weighted by atomic mass is 10.2. The SMILES string of the molecule is CCN(C1CCCC1)S(=O)(=O)c1csc(CCl)c1. The summed E-state index contributed by atoms with van der Waals surface area (Å²) in [6, 6.07) is 1.88. The molecule has 1 aromatic heterocycles. The van der Waals surface area contributed by atoms with Gasteiger partial charge in [-0.25, -0.2) is 8.42 Å². The van der Waals surface area contributed by atoms with Crippen LogP contribution < -0.4 is 0 Å². The molecule has 1 aliphatic rings. The molecule has 0 amide bonds. The minimum atomic E-state index is -3.34. The van der Waals surface area contributed by atoms with Gasteiger partial charge >= 0.3 is 0 Å². The van der Waals surface area contributed by atoms with Crippen molar-refractivity contribution in [3.8, 4) is 0 Å². The highest BCUT2D eigenvalue weighted by Gasteiger charge is 2.32. The van der Waals surface area contributed by atoms with Gasteiger partial charge in [0.15, 0.2) is 0 Å². The van der Waals surface area contributed by atoms with Crippen LogP contribution in [0.4, 0.5) is 0 Å². The molecule has 6 heteroatoms. The number of alkyl halides is 1. The second kappa shape index (κ2) is 5.90. The van der Waals surface area contributed by atoms with E-state index in [0.29, 0.717) is 17.3 Å². The molecule has 1 fully saturated rings. The van der Waals surface area contributed by atoms with Crippen LogP contribution in [-0.4, -0.2) is 25.3 Å². The maximum Gasteiger partial charge on any atom is 0.244 e. The van der Waals surface area contributed by atoms with Crippen LogP contribution in [0, 0.1) is 0 Å². The zero-order valence-corrected chi connectivity index (χ0v) is 12.8. The molecule has 0 unspecified atom stereocenters. The number of sulfonamides is 1. The Bertz CT molecular complexity index is 492. The van der Waals surface area contributed by atoms with Crippen molar-refractivity contribution in [1.82, 2.24) is 4.31 Å². The van der Waals surface area contributed by atoms with Gasteiger partial charge in [0, 0.05) is 22.8 Å². The van der Waals surface area contributed by atoms with Gasteiger partial charge in [-0.15, -0.1) is 22.9 Å². The fraction of sp³-hybridized carbons (Fsp3) is 0.667. The highest BCUT2D eigenvalue weighted by Crippen LogP contribution is 2.30. The molecule has 0 aliphatic heterocycles. The molecule has 0 spiro atoms. The third kappa shape index (κ3) is 2.74. The number of hydrogen-bond acceptors (Lipinski definition) is 3. The molecule has 2 rings (SSSR count). The summed E-state index contributed by atoms with van der Waals surface area (Å²) in [4.78, 5) is 1.30. The highest BCUT2D eigenvalue weighted by atomic mass is 35.5. The van der Waals surface area contributed by atoms with Crippen LogP contribution in [0.5, 0.6) is 0 Å². The van der Waals surface area contributed by atoms with Crippen molar-refractivity contribution >= 4 is 33.0 Å². The van der Waals surface area contributed by atoms with E-state index in [4.69, 9.17) is 11.6 Å². The molecule has 0 N–H and O–H groups in total. The average Bonchev–Trinajstić information content (AvgIpc) is 3.00. The highest BCUT2D eigenvalue weighted by molar-refractivity contribution is 7.89. The summed E-state index contributed by atoms with van der Waals surface area (Å²) in [7, 11) is -3.34. The fourth-order valence-electron chi connectivity index (χ4n) is 2.52. The zero-order chi connectivity index (χ0) is 13.2. The van der Waals surface area contributed by atoms with Crippen LogP contribution in [0.2, 0.25) is 0 Å². The van der Waals surface area contributed by atoms with Gasteiger partial charge in [0.2, 0.25) is 10.0 Å². The van der Waals surface area contributed by atoms with Gasteiger partial charge < -0.3 is 0 Å². The van der Waals surface area contributed by atoms with Crippen LogP contribution in [0.15, 0.2) is 16.3 Å². The molecule has 0 aromatic carbocycles. The summed E-state index contributed by atoms with van der Waals surface area (Å²) in [5, 5.41) is 1.70. The monoisotopic (exact) mass is 307 g/mol. The Hall–Kier alpha value is -0.100. The Kier molecular flexibility index (Phi) is 4.69. The van der Waals surface area contributed by atoms with E-state index in [1.165, 1.54) is 11.3 Å². The lowest BCUT2D eigenvalue weighted by Gasteiger charge is -2.26. The van der Waals surface area contributed by atoms with E-state index in [0.717, 1.165) is 30.6 Å². The van der Waals surface area contributed by atoms with E-state index < -0.39 is 10.0 Å². The maximum absolute atomic E-state index is 12.6. The number of thiophene rings is 1. The Morgan fingerprint density at radius 2 is 2.11 bits per heavy atom. The van der Waals surface area contributed by atoms with Gasteiger partial charge in [0.25, 0.3) is 0 Å². The number of hydrogen-bond donors (Lipinski definition) is 0. The lowest BCUT2D eigenvalue weighted by Crippen LogP contribution is -2.38. The molecule has 1 heterocycles. The summed E-state index contributed by atoms with van der Waals surface area (Å²) in [5.41, 5.74) is 0. The van der Waals surface area contributed by atoms with E-state index in [2.05, 4.69) is 0 Å². The Morgan fingerprint density at radius 3 is 2.61 bits per heavy atom. The third-order valence-electron chi connectivity index (χ3n) is 3.41. The maximum atomic E-state index is 12.6. The van der Waals surface area contributed by atoms with Crippen molar-refractivity contribution in [2.45, 2.75) is 49.4 Å². The Balaban J connectivity index is 2.27. The van der Waals surface area contributed by atoms with Crippen LogP contribution >= 0.6 is 22.9 Å². The van der Waals surface area contributed by atoms with E-state index >= 15 is 0 Å². The van der Waals surface area contributed by atoms with Gasteiger partial charge in [0.1, 0.15) is 0 Å². The molecular weight excluding hydrogens is 290 g/mol. The quantitative estimate of drug-likeness (QED) is 0.781. The molecule has 0 bridgehead atoms. The third-order valence-corrected chi connectivity index (χ3v) is 6.95. The second-order valence-corrected chi connectivity index (χ2v) is 7.68. The van der Waals surface area contributed by atoms with Crippen molar-refractivity contribution in [3.05, 3.63) is 16.3 Å². The molecular formula is C12H18ClNO2S2. The van der Waals surface area contributed by atoms with E-state index in [-0.39, 0.29) is 6.04 Å². The van der Waals surface area contributed by atoms with Crippen molar-refractivity contribution < 1.29 is 8.42 Å². The molecule has 0 radical (unpaired) electrons. The topological polar surface area (TPSA) is 37.4 Å². The van der Waals surface area contributed by atoms with Crippen LogP contribution in [0.1, 0.15) is 37.5 Å². The van der Waals surface area contributed by atoms with Gasteiger partial charge in [-0.1, -0.05) is 19.8 Å². The molecule has 0 atom stereocenters. The molecule has 1 aromatic rings. The van der Waals surface area contributed by atoms with Crippen LogP contribution in [-0.2, 0) is 15.9 Å². The van der Waals surface area contributed by atoms with Gasteiger partial charge in [0.05, 0.1) is 10.8 Å². The average molecular weight is 308 g/mol. The number of halogens is 1. The summed E-state index contributed by atoms with van der Waals surface area (Å²) >= 11 is 7.14. The van der Waals surface area contributed by atoms with Gasteiger partial charge in [-0.3, -0.25) is 0 Å². The first-order chi connectivity index (χ1) is 8.59. The van der Waals surface area contributed by atoms with Gasteiger partial charge in [-0.05, 0) is 18.9 Å². The summed E-state index contributed by atoms with van der Waals surface area (Å²) in [6.07, 6.45) is 4.24. The van der Waals surface area contributed by atoms with Gasteiger partial charge in [-0.2, -0.15) is 4.31 Å². The number of rotatable bonds is 5. The minimum absolute atomic E-state index is 0.180. The van der Waals surface area contributed by atoms with E-state index in [1.54, 1.807) is 15.8 Å². The number of nitrogens with zero attached hydrogens (tertiary/aromatic N) is 1. The molecule has 1 aliphatic carbocycles. The fourth-order valence-corrected chi connectivity index (χ4v) is 5.59. The molecule has 18 heavy (non-hydrogen) atoms. The predicted molar refractivity (Wildman–Crippen MR) is 75.7 cm³/mol. The van der Waals surface area contributed by atoms with Crippen molar-refractivity contribution in [3.63, 3.8) is 0 Å². The summed E-state index contributed by atoms with van der Waals surface area (Å²) in [5.74, 6) is 0.371. The zero-order valence-electron chi connectivity index (χ0n) is 10.4. The second-order valence-electron chi connectivity index (χ2n) is 4.53. The normalized spacial score (nSPS) is 17.7. The predicted octanol–water partition coefficient (Wildman–Crippen LogP) is 3.44. The molecule has 3 nitrogen and oxygen atoms in total. The van der Waals surface area contributed by atoms with Crippen LogP contribution in [0.25, 0.3) is 0 Å². The Morgan fingerprint density at radius 1 is 1.44 bits per heavy atom. The molecule has 1 saturated carbocycles. The standard InChI is InChI=1S/C12H18ClNO2S2/c1-2-14(10-5-3-4-6-10)18(15,16)12-7-11(8-13)17-9-12/h7,9-10H,2-6,8H2,1H3. The molecule has 102 valence electrons. The molecule has 0 saturated heterocycles. The smallest absolute Gasteiger partial charge is 0.207 e. The first kappa shape index (κ1) is 14.3. The lowest BCUT2D eigenvalue weighted by molar-refractivity contribution is 0.335. The summed E-state index contributed by atoms with van der Waals surface area (Å²) < 4.78 is 26.8. The largest absolute Gasteiger partial charge is 0.244 e. The Labute approximate surface area is 118 Å². The van der Waals surface area contributed by atoms with E-state index in [9.17, 15) is 8.42 Å². The summed E-state index contributed by atoms with van der Waals surface area (Å²) in [6.45, 7) is 2.45. The van der Waals surface area contributed by atoms with Crippen molar-refractivity contribution in [1.29, 1.82) is 0 Å². The van der Waals surface area contributed by atoms with Crippen molar-refractivity contribution in [2.75, 3.05) is 6.54 Å².